The van der Waals surface area contributed by atoms with E-state index < -0.39 is 0 Å². The van der Waals surface area contributed by atoms with Gasteiger partial charge in [-0.15, -0.1) is 0 Å². The standard InChI is InChI=1S/C22H34N4O2/c1-2-3-8-14-23-21(27)19-18-12-7-9-16-26(18)20(25-19)22(28)24-15-13-17-10-5-4-6-11-17/h10H,2-9,11-16H2,1H3,(H,23,27)(H,24,28). The normalized spacial score (nSPS) is 16.2. The van der Waals surface area contributed by atoms with Crippen LogP contribution in [0.1, 0.15) is 97.9 Å². The van der Waals surface area contributed by atoms with Crippen molar-refractivity contribution in [1.82, 2.24) is 20.2 Å². The Morgan fingerprint density at radius 3 is 2.64 bits per heavy atom. The van der Waals surface area contributed by atoms with Gasteiger partial charge in [-0.3, -0.25) is 9.59 Å². The van der Waals surface area contributed by atoms with Crippen molar-refractivity contribution in [2.24, 2.45) is 0 Å². The predicted molar refractivity (Wildman–Crippen MR) is 111 cm³/mol. The molecule has 6 nitrogen and oxygen atoms in total. The van der Waals surface area contributed by atoms with E-state index in [2.05, 4.69) is 28.6 Å². The second kappa shape index (κ2) is 10.4. The molecule has 3 rings (SSSR count). The first-order chi connectivity index (χ1) is 13.7. The van der Waals surface area contributed by atoms with Crippen molar-refractivity contribution in [3.63, 3.8) is 0 Å². The number of carbonyl (C=O) groups is 2. The van der Waals surface area contributed by atoms with Crippen LogP contribution in [-0.4, -0.2) is 34.5 Å². The van der Waals surface area contributed by atoms with Crippen LogP contribution in [-0.2, 0) is 13.0 Å². The van der Waals surface area contributed by atoms with Crippen LogP contribution in [0.15, 0.2) is 11.6 Å². The fourth-order valence-corrected chi connectivity index (χ4v) is 4.11. The van der Waals surface area contributed by atoms with Gasteiger partial charge in [-0.05, 0) is 57.8 Å². The summed E-state index contributed by atoms with van der Waals surface area (Å²) in [5.74, 6) is 0.0868. The molecule has 2 N–H and O–H groups in total. The molecule has 0 bridgehead atoms. The number of rotatable bonds is 9. The number of carbonyl (C=O) groups excluding carboxylic acids is 2. The molecule has 1 aliphatic heterocycles. The molecule has 1 aromatic heterocycles. The van der Waals surface area contributed by atoms with Gasteiger partial charge in [-0.1, -0.05) is 31.4 Å². The van der Waals surface area contributed by atoms with Gasteiger partial charge in [0.1, 0.15) is 5.69 Å². The number of amides is 2. The lowest BCUT2D eigenvalue weighted by atomic mass is 9.97. The molecule has 2 amide bonds. The van der Waals surface area contributed by atoms with Gasteiger partial charge in [0, 0.05) is 19.6 Å². The Balaban J connectivity index is 1.63. The molecule has 154 valence electrons. The molecule has 0 atom stereocenters. The highest BCUT2D eigenvalue weighted by atomic mass is 16.2. The Kier molecular flexibility index (Phi) is 7.69. The van der Waals surface area contributed by atoms with Gasteiger partial charge in [0.05, 0.1) is 5.69 Å². The molecule has 6 heteroatoms. The van der Waals surface area contributed by atoms with Gasteiger partial charge in [0.25, 0.3) is 11.8 Å². The summed E-state index contributed by atoms with van der Waals surface area (Å²) in [7, 11) is 0. The van der Waals surface area contributed by atoms with Crippen LogP contribution in [0.4, 0.5) is 0 Å². The number of fused-ring (bicyclic) bond motifs is 1. The van der Waals surface area contributed by atoms with Gasteiger partial charge in [0.2, 0.25) is 0 Å². The molecule has 0 saturated heterocycles. The summed E-state index contributed by atoms with van der Waals surface area (Å²) >= 11 is 0. The number of aromatic nitrogens is 2. The molecule has 2 aliphatic rings. The first-order valence-corrected chi connectivity index (χ1v) is 11.0. The number of allylic oxidation sites excluding steroid dienone is 1. The van der Waals surface area contributed by atoms with E-state index in [-0.39, 0.29) is 11.8 Å². The molecule has 1 aliphatic carbocycles. The minimum atomic E-state index is -0.162. The first-order valence-electron chi connectivity index (χ1n) is 11.0. The molecular formula is C22H34N4O2. The van der Waals surface area contributed by atoms with Crippen LogP contribution >= 0.6 is 0 Å². The summed E-state index contributed by atoms with van der Waals surface area (Å²) in [6, 6.07) is 0. The highest BCUT2D eigenvalue weighted by molar-refractivity contribution is 5.97. The van der Waals surface area contributed by atoms with Gasteiger partial charge in [-0.2, -0.15) is 0 Å². The van der Waals surface area contributed by atoms with Gasteiger partial charge >= 0.3 is 0 Å². The first kappa shape index (κ1) is 20.6. The van der Waals surface area contributed by atoms with Crippen molar-refractivity contribution in [1.29, 1.82) is 0 Å². The third kappa shape index (κ3) is 5.24. The lowest BCUT2D eigenvalue weighted by Gasteiger charge is -2.17. The molecule has 0 fully saturated rings. The van der Waals surface area contributed by atoms with Crippen LogP contribution in [0.5, 0.6) is 0 Å². The minimum absolute atomic E-state index is 0.145. The predicted octanol–water partition coefficient (Wildman–Crippen LogP) is 3.76. The monoisotopic (exact) mass is 386 g/mol. The van der Waals surface area contributed by atoms with E-state index in [0.717, 1.165) is 70.0 Å². The lowest BCUT2D eigenvalue weighted by molar-refractivity contribution is 0.0938. The molecule has 1 aromatic rings. The van der Waals surface area contributed by atoms with E-state index in [9.17, 15) is 9.59 Å². The highest BCUT2D eigenvalue weighted by Crippen LogP contribution is 2.22. The molecule has 0 unspecified atom stereocenters. The zero-order valence-electron chi connectivity index (χ0n) is 17.2. The fourth-order valence-electron chi connectivity index (χ4n) is 4.11. The molecule has 28 heavy (non-hydrogen) atoms. The van der Waals surface area contributed by atoms with Gasteiger partial charge in [-0.25, -0.2) is 4.98 Å². The molecule has 2 heterocycles. The molecular weight excluding hydrogens is 352 g/mol. The maximum absolute atomic E-state index is 12.7. The Morgan fingerprint density at radius 2 is 1.86 bits per heavy atom. The van der Waals surface area contributed by atoms with Crippen molar-refractivity contribution in [3.05, 3.63) is 28.9 Å². The molecule has 0 aromatic carbocycles. The zero-order chi connectivity index (χ0) is 19.8. The summed E-state index contributed by atoms with van der Waals surface area (Å²) in [5, 5.41) is 5.98. The summed E-state index contributed by atoms with van der Waals surface area (Å²) in [6.07, 6.45) is 14.1. The van der Waals surface area contributed by atoms with E-state index in [0.29, 0.717) is 24.6 Å². The van der Waals surface area contributed by atoms with Crippen molar-refractivity contribution < 1.29 is 9.59 Å². The zero-order valence-corrected chi connectivity index (χ0v) is 17.2. The topological polar surface area (TPSA) is 76.0 Å². The largest absolute Gasteiger partial charge is 0.351 e. The highest BCUT2D eigenvalue weighted by Gasteiger charge is 2.27. The van der Waals surface area contributed by atoms with E-state index >= 15 is 0 Å². The Bertz CT molecular complexity index is 720. The number of hydrogen-bond acceptors (Lipinski definition) is 3. The molecule has 0 saturated carbocycles. The summed E-state index contributed by atoms with van der Waals surface area (Å²) in [5.41, 5.74) is 2.81. The van der Waals surface area contributed by atoms with E-state index in [4.69, 9.17) is 0 Å². The Morgan fingerprint density at radius 1 is 1.04 bits per heavy atom. The van der Waals surface area contributed by atoms with Crippen LogP contribution in [0.3, 0.4) is 0 Å². The van der Waals surface area contributed by atoms with Gasteiger partial charge in [0.15, 0.2) is 5.82 Å². The number of hydrogen-bond donors (Lipinski definition) is 2. The van der Waals surface area contributed by atoms with Crippen molar-refractivity contribution >= 4 is 11.8 Å². The van der Waals surface area contributed by atoms with Crippen molar-refractivity contribution in [2.45, 2.75) is 84.1 Å². The maximum Gasteiger partial charge on any atom is 0.287 e. The lowest BCUT2D eigenvalue weighted by Crippen LogP contribution is -2.29. The van der Waals surface area contributed by atoms with Crippen LogP contribution in [0.2, 0.25) is 0 Å². The SMILES string of the molecule is CCCCCNC(=O)c1nc(C(=O)NCCC2=CCCCC2)n2c1CCCC2. The Hall–Kier alpha value is -2.11. The smallest absolute Gasteiger partial charge is 0.287 e. The van der Waals surface area contributed by atoms with Crippen LogP contribution in [0, 0.1) is 0 Å². The van der Waals surface area contributed by atoms with Crippen molar-refractivity contribution in [2.75, 3.05) is 13.1 Å². The quantitative estimate of drug-likeness (QED) is 0.501. The van der Waals surface area contributed by atoms with E-state index in [1.165, 1.54) is 18.4 Å². The minimum Gasteiger partial charge on any atom is -0.351 e. The van der Waals surface area contributed by atoms with Crippen LogP contribution in [0.25, 0.3) is 0 Å². The molecule has 0 spiro atoms. The summed E-state index contributed by atoms with van der Waals surface area (Å²) in [6.45, 7) is 4.20. The Labute approximate surface area is 168 Å². The fraction of sp³-hybridized carbons (Fsp3) is 0.682. The van der Waals surface area contributed by atoms with Crippen molar-refractivity contribution in [3.8, 4) is 0 Å². The third-order valence-corrected chi connectivity index (χ3v) is 5.72. The second-order valence-electron chi connectivity index (χ2n) is 7.92. The average molecular weight is 387 g/mol. The second-order valence-corrected chi connectivity index (χ2v) is 7.92. The number of imidazole rings is 1. The maximum atomic E-state index is 12.7. The molecule has 0 radical (unpaired) electrons. The van der Waals surface area contributed by atoms with E-state index in [1.54, 1.807) is 0 Å². The number of nitrogens with zero attached hydrogens (tertiary/aromatic N) is 2. The van der Waals surface area contributed by atoms with E-state index in [1.807, 2.05) is 4.57 Å². The number of nitrogens with one attached hydrogen (secondary N) is 2. The number of unbranched alkanes of at least 4 members (excludes halogenated alkanes) is 2. The average Bonchev–Trinajstić information content (AvgIpc) is 3.12. The summed E-state index contributed by atoms with van der Waals surface area (Å²) in [4.78, 5) is 29.8. The van der Waals surface area contributed by atoms with Crippen LogP contribution < -0.4 is 10.6 Å². The van der Waals surface area contributed by atoms with Gasteiger partial charge < -0.3 is 15.2 Å². The summed E-state index contributed by atoms with van der Waals surface area (Å²) < 4.78 is 1.96. The third-order valence-electron chi connectivity index (χ3n) is 5.72.